The lowest BCUT2D eigenvalue weighted by Gasteiger charge is -2.35. The van der Waals surface area contributed by atoms with Gasteiger partial charge in [-0.05, 0) is 31.9 Å². The van der Waals surface area contributed by atoms with E-state index in [9.17, 15) is 19.6 Å². The first-order chi connectivity index (χ1) is 9.00. The SMILES string of the molecule is CC(O)C1CCCN(c2cccc(F)c2[N+](=O)[O-])C1. The summed E-state index contributed by atoms with van der Waals surface area (Å²) in [6.45, 7) is 2.88. The van der Waals surface area contributed by atoms with Crippen molar-refractivity contribution in [2.75, 3.05) is 18.0 Å². The molecular weight excluding hydrogens is 251 g/mol. The van der Waals surface area contributed by atoms with E-state index in [1.54, 1.807) is 17.9 Å². The van der Waals surface area contributed by atoms with Gasteiger partial charge in [-0.25, -0.2) is 0 Å². The van der Waals surface area contributed by atoms with Crippen LogP contribution in [0.15, 0.2) is 18.2 Å². The number of halogens is 1. The van der Waals surface area contributed by atoms with Crippen LogP contribution in [0.2, 0.25) is 0 Å². The van der Waals surface area contributed by atoms with Gasteiger partial charge in [0.05, 0.1) is 11.0 Å². The first-order valence-corrected chi connectivity index (χ1v) is 6.36. The summed E-state index contributed by atoms with van der Waals surface area (Å²) in [5, 5.41) is 20.6. The zero-order chi connectivity index (χ0) is 14.0. The molecule has 19 heavy (non-hydrogen) atoms. The minimum Gasteiger partial charge on any atom is -0.393 e. The number of anilines is 1. The summed E-state index contributed by atoms with van der Waals surface area (Å²) >= 11 is 0. The monoisotopic (exact) mass is 268 g/mol. The normalized spacial score (nSPS) is 21.2. The molecule has 1 aliphatic heterocycles. The second kappa shape index (κ2) is 5.52. The third-order valence-electron chi connectivity index (χ3n) is 3.63. The number of hydrogen-bond donors (Lipinski definition) is 1. The van der Waals surface area contributed by atoms with Crippen molar-refractivity contribution in [1.29, 1.82) is 0 Å². The minimum atomic E-state index is -0.818. The van der Waals surface area contributed by atoms with Crippen LogP contribution in [-0.4, -0.2) is 29.2 Å². The Hall–Kier alpha value is -1.69. The smallest absolute Gasteiger partial charge is 0.327 e. The van der Waals surface area contributed by atoms with Gasteiger partial charge in [-0.1, -0.05) is 6.07 Å². The molecule has 1 N–H and O–H groups in total. The first kappa shape index (κ1) is 13.7. The van der Waals surface area contributed by atoms with Gasteiger partial charge in [0.1, 0.15) is 5.69 Å². The van der Waals surface area contributed by atoms with Gasteiger partial charge in [-0.15, -0.1) is 0 Å². The van der Waals surface area contributed by atoms with Gasteiger partial charge >= 0.3 is 5.69 Å². The van der Waals surface area contributed by atoms with Crippen molar-refractivity contribution < 1.29 is 14.4 Å². The Labute approximate surface area is 110 Å². The fourth-order valence-electron chi connectivity index (χ4n) is 2.56. The van der Waals surface area contributed by atoms with E-state index in [1.165, 1.54) is 6.07 Å². The molecule has 1 heterocycles. The molecule has 6 heteroatoms. The minimum absolute atomic E-state index is 0.0663. The van der Waals surface area contributed by atoms with Crippen LogP contribution in [0.4, 0.5) is 15.8 Å². The third kappa shape index (κ3) is 2.84. The zero-order valence-electron chi connectivity index (χ0n) is 10.8. The van der Waals surface area contributed by atoms with E-state index in [4.69, 9.17) is 0 Å². The van der Waals surface area contributed by atoms with Crippen molar-refractivity contribution in [3.8, 4) is 0 Å². The van der Waals surface area contributed by atoms with Gasteiger partial charge < -0.3 is 10.0 Å². The number of aliphatic hydroxyl groups is 1. The standard InChI is InChI=1S/C13H17FN2O3/c1-9(17)10-4-3-7-15(8-10)12-6-2-5-11(14)13(12)16(18)19/h2,5-6,9-10,17H,3-4,7-8H2,1H3. The predicted molar refractivity (Wildman–Crippen MR) is 69.7 cm³/mol. The average Bonchev–Trinajstić information content (AvgIpc) is 2.38. The Morgan fingerprint density at radius 1 is 1.58 bits per heavy atom. The summed E-state index contributed by atoms with van der Waals surface area (Å²) in [6, 6.07) is 4.13. The molecule has 1 aromatic rings. The van der Waals surface area contributed by atoms with Crippen LogP contribution >= 0.6 is 0 Å². The van der Waals surface area contributed by atoms with E-state index in [0.29, 0.717) is 18.8 Å². The first-order valence-electron chi connectivity index (χ1n) is 6.36. The molecule has 2 unspecified atom stereocenters. The van der Waals surface area contributed by atoms with Gasteiger partial charge in [-0.3, -0.25) is 10.1 Å². The highest BCUT2D eigenvalue weighted by atomic mass is 19.1. The van der Waals surface area contributed by atoms with Crippen molar-refractivity contribution in [3.05, 3.63) is 34.1 Å². The number of nitro groups is 1. The lowest BCUT2D eigenvalue weighted by molar-refractivity contribution is -0.386. The van der Waals surface area contributed by atoms with Crippen molar-refractivity contribution in [3.63, 3.8) is 0 Å². The highest BCUT2D eigenvalue weighted by Gasteiger charge is 2.29. The van der Waals surface area contributed by atoms with Gasteiger partial charge in [-0.2, -0.15) is 4.39 Å². The molecule has 0 bridgehead atoms. The van der Waals surface area contributed by atoms with Gasteiger partial charge in [0.15, 0.2) is 0 Å². The molecule has 2 rings (SSSR count). The van der Waals surface area contributed by atoms with Gasteiger partial charge in [0, 0.05) is 19.0 Å². The van der Waals surface area contributed by atoms with Crippen molar-refractivity contribution >= 4 is 11.4 Å². The summed E-state index contributed by atoms with van der Waals surface area (Å²) in [5.74, 6) is -0.752. The van der Waals surface area contributed by atoms with E-state index < -0.39 is 22.5 Å². The number of nitro benzene ring substituents is 1. The highest BCUT2D eigenvalue weighted by molar-refractivity contribution is 5.64. The lowest BCUT2D eigenvalue weighted by atomic mass is 9.93. The number of piperidine rings is 1. The molecule has 2 atom stereocenters. The largest absolute Gasteiger partial charge is 0.393 e. The molecule has 0 amide bonds. The predicted octanol–water partition coefficient (Wildman–Crippen LogP) is 2.33. The maximum atomic E-state index is 13.6. The van der Waals surface area contributed by atoms with Crippen LogP contribution in [0.5, 0.6) is 0 Å². The molecule has 1 saturated heterocycles. The highest BCUT2D eigenvalue weighted by Crippen LogP contribution is 2.34. The maximum absolute atomic E-state index is 13.6. The van der Waals surface area contributed by atoms with E-state index in [0.717, 1.165) is 18.9 Å². The van der Waals surface area contributed by atoms with E-state index in [2.05, 4.69) is 0 Å². The molecule has 0 saturated carbocycles. The molecule has 104 valence electrons. The Balaban J connectivity index is 2.31. The third-order valence-corrected chi connectivity index (χ3v) is 3.63. The Bertz CT molecular complexity index is 479. The fourth-order valence-corrected chi connectivity index (χ4v) is 2.56. The number of para-hydroxylation sites is 1. The van der Waals surface area contributed by atoms with Crippen molar-refractivity contribution in [2.24, 2.45) is 5.92 Å². The summed E-state index contributed by atoms with van der Waals surface area (Å²) in [6.07, 6.45) is 1.26. The fraction of sp³-hybridized carbons (Fsp3) is 0.538. The van der Waals surface area contributed by atoms with Crippen LogP contribution in [0.3, 0.4) is 0 Å². The van der Waals surface area contributed by atoms with Gasteiger partial charge in [0.2, 0.25) is 5.82 Å². The molecule has 5 nitrogen and oxygen atoms in total. The Morgan fingerprint density at radius 2 is 2.32 bits per heavy atom. The molecule has 1 aromatic carbocycles. The summed E-state index contributed by atoms with van der Waals surface area (Å²) < 4.78 is 13.6. The van der Waals surface area contributed by atoms with Crippen LogP contribution in [0.25, 0.3) is 0 Å². The summed E-state index contributed by atoms with van der Waals surface area (Å²) in [7, 11) is 0. The Morgan fingerprint density at radius 3 is 2.95 bits per heavy atom. The van der Waals surface area contributed by atoms with Crippen LogP contribution < -0.4 is 4.90 Å². The second-order valence-electron chi connectivity index (χ2n) is 4.95. The number of nitrogens with zero attached hydrogens (tertiary/aromatic N) is 2. The molecule has 1 aliphatic rings. The van der Waals surface area contributed by atoms with Crippen LogP contribution in [0, 0.1) is 21.8 Å². The Kier molecular flexibility index (Phi) is 3.99. The van der Waals surface area contributed by atoms with Gasteiger partial charge in [0.25, 0.3) is 0 Å². The number of hydrogen-bond acceptors (Lipinski definition) is 4. The van der Waals surface area contributed by atoms with Crippen LogP contribution in [0.1, 0.15) is 19.8 Å². The maximum Gasteiger partial charge on any atom is 0.327 e. The molecule has 0 aromatic heterocycles. The second-order valence-corrected chi connectivity index (χ2v) is 4.95. The molecular formula is C13H17FN2O3. The van der Waals surface area contributed by atoms with Crippen LogP contribution in [-0.2, 0) is 0 Å². The molecule has 0 radical (unpaired) electrons. The molecule has 0 spiro atoms. The number of benzene rings is 1. The molecule has 1 fully saturated rings. The number of rotatable bonds is 3. The summed E-state index contributed by atoms with van der Waals surface area (Å²) in [5.41, 5.74) is -0.177. The number of aliphatic hydroxyl groups excluding tert-OH is 1. The van der Waals surface area contributed by atoms with E-state index in [1.807, 2.05) is 0 Å². The average molecular weight is 268 g/mol. The lowest BCUT2D eigenvalue weighted by Crippen LogP contribution is -2.39. The van der Waals surface area contributed by atoms with E-state index >= 15 is 0 Å². The zero-order valence-corrected chi connectivity index (χ0v) is 10.8. The topological polar surface area (TPSA) is 66.6 Å². The summed E-state index contributed by atoms with van der Waals surface area (Å²) in [4.78, 5) is 12.1. The van der Waals surface area contributed by atoms with E-state index in [-0.39, 0.29) is 5.92 Å². The quantitative estimate of drug-likeness (QED) is 0.675. The van der Waals surface area contributed by atoms with Crippen molar-refractivity contribution in [2.45, 2.75) is 25.9 Å². The molecule has 0 aliphatic carbocycles. The van der Waals surface area contributed by atoms with Crippen molar-refractivity contribution in [1.82, 2.24) is 0 Å².